The molecule has 0 saturated carbocycles. The molecule has 0 aromatic heterocycles. The first kappa shape index (κ1) is 15.6. The minimum atomic E-state index is -0.296. The zero-order chi connectivity index (χ0) is 14.5. The maximum atomic E-state index is 11.4. The topological polar surface area (TPSA) is 55.1 Å². The molecule has 2 aromatic carbocycles. The lowest BCUT2D eigenvalue weighted by Crippen LogP contribution is -2.29. The van der Waals surface area contributed by atoms with Gasteiger partial charge in [-0.15, -0.1) is 11.8 Å². The molecule has 0 aliphatic heterocycles. The van der Waals surface area contributed by atoms with Crippen molar-refractivity contribution < 1.29 is 4.79 Å². The van der Waals surface area contributed by atoms with Crippen molar-refractivity contribution >= 4 is 49.5 Å². The third-order valence-electron chi connectivity index (χ3n) is 2.67. The van der Waals surface area contributed by atoms with E-state index < -0.39 is 0 Å². The predicted octanol–water partition coefficient (Wildman–Crippen LogP) is 4.11. The fourth-order valence-corrected chi connectivity index (χ4v) is 3.88. The lowest BCUT2D eigenvalue weighted by Gasteiger charge is -2.08. The van der Waals surface area contributed by atoms with E-state index in [-0.39, 0.29) is 5.91 Å². The van der Waals surface area contributed by atoms with Crippen molar-refractivity contribution in [3.05, 3.63) is 62.5 Å². The quantitative estimate of drug-likeness (QED) is 0.342. The Morgan fingerprint density at radius 1 is 1.15 bits per heavy atom. The van der Waals surface area contributed by atoms with Gasteiger partial charge in [0, 0.05) is 25.2 Å². The van der Waals surface area contributed by atoms with Crippen LogP contribution in [0.4, 0.5) is 0 Å². The van der Waals surface area contributed by atoms with Gasteiger partial charge < -0.3 is 0 Å². The van der Waals surface area contributed by atoms with Gasteiger partial charge in [-0.3, -0.25) is 10.2 Å². The molecule has 0 aliphatic carbocycles. The summed E-state index contributed by atoms with van der Waals surface area (Å²) in [6.07, 6.45) is 0. The number of halogens is 2. The van der Waals surface area contributed by atoms with Crippen molar-refractivity contribution in [2.45, 2.75) is 10.6 Å². The van der Waals surface area contributed by atoms with Crippen LogP contribution in [-0.2, 0) is 5.75 Å². The van der Waals surface area contributed by atoms with Crippen LogP contribution in [0.5, 0.6) is 0 Å². The molecule has 0 spiro atoms. The van der Waals surface area contributed by atoms with Crippen LogP contribution in [0.1, 0.15) is 15.9 Å². The highest BCUT2D eigenvalue weighted by atomic mass is 79.9. The van der Waals surface area contributed by atoms with Crippen molar-refractivity contribution in [2.75, 3.05) is 0 Å². The number of hydrogen-bond donors (Lipinski definition) is 2. The monoisotopic (exact) mass is 414 g/mol. The fourth-order valence-electron chi connectivity index (χ4n) is 1.61. The standard InChI is InChI=1S/C14H12Br2N2OS/c15-11-3-1-2-4-13(11)20-8-10-6-5-9(7-12(10)16)14(19)18-17/h1-7H,8,17H2,(H,18,19). The number of nitrogens with two attached hydrogens (primary N) is 1. The highest BCUT2D eigenvalue weighted by molar-refractivity contribution is 9.10. The molecular formula is C14H12Br2N2OS. The molecule has 3 N–H and O–H groups in total. The Labute approximate surface area is 138 Å². The van der Waals surface area contributed by atoms with E-state index in [9.17, 15) is 4.79 Å². The van der Waals surface area contributed by atoms with Gasteiger partial charge in [0.15, 0.2) is 0 Å². The summed E-state index contributed by atoms with van der Waals surface area (Å²) in [5.41, 5.74) is 3.78. The molecule has 0 radical (unpaired) electrons. The van der Waals surface area contributed by atoms with Gasteiger partial charge >= 0.3 is 0 Å². The van der Waals surface area contributed by atoms with Gasteiger partial charge in [-0.2, -0.15) is 0 Å². The Hall–Kier alpha value is -0.820. The number of amides is 1. The molecular weight excluding hydrogens is 404 g/mol. The molecule has 0 saturated heterocycles. The molecule has 0 atom stereocenters. The van der Waals surface area contributed by atoms with Crippen LogP contribution in [0.15, 0.2) is 56.3 Å². The van der Waals surface area contributed by atoms with Crippen molar-refractivity contribution in [1.82, 2.24) is 5.43 Å². The first-order chi connectivity index (χ1) is 9.61. The zero-order valence-electron chi connectivity index (χ0n) is 10.4. The average molecular weight is 416 g/mol. The maximum Gasteiger partial charge on any atom is 0.265 e. The zero-order valence-corrected chi connectivity index (χ0v) is 14.4. The summed E-state index contributed by atoms with van der Waals surface area (Å²) in [4.78, 5) is 12.6. The molecule has 1 amide bonds. The molecule has 2 aromatic rings. The fraction of sp³-hybridized carbons (Fsp3) is 0.0714. The van der Waals surface area contributed by atoms with Crippen LogP contribution in [0.25, 0.3) is 0 Å². The van der Waals surface area contributed by atoms with E-state index in [1.165, 1.54) is 4.90 Å². The van der Waals surface area contributed by atoms with Gasteiger partial charge in [-0.25, -0.2) is 5.84 Å². The van der Waals surface area contributed by atoms with Crippen molar-refractivity contribution in [3.8, 4) is 0 Å². The van der Waals surface area contributed by atoms with Crippen molar-refractivity contribution in [3.63, 3.8) is 0 Å². The molecule has 0 aliphatic rings. The second kappa shape index (κ2) is 7.26. The molecule has 0 heterocycles. The van der Waals surface area contributed by atoms with E-state index in [4.69, 9.17) is 5.84 Å². The number of hydrazine groups is 1. The van der Waals surface area contributed by atoms with Crippen LogP contribution < -0.4 is 11.3 Å². The number of nitrogens with one attached hydrogen (secondary N) is 1. The molecule has 0 unspecified atom stereocenters. The van der Waals surface area contributed by atoms with Crippen molar-refractivity contribution in [2.24, 2.45) is 5.84 Å². The smallest absolute Gasteiger partial charge is 0.265 e. The predicted molar refractivity (Wildman–Crippen MR) is 89.5 cm³/mol. The van der Waals surface area contributed by atoms with E-state index in [0.29, 0.717) is 5.56 Å². The number of hydrogen-bond acceptors (Lipinski definition) is 3. The number of thioether (sulfide) groups is 1. The molecule has 2 rings (SSSR count). The van der Waals surface area contributed by atoms with Crippen LogP contribution in [0, 0.1) is 0 Å². The summed E-state index contributed by atoms with van der Waals surface area (Å²) < 4.78 is 1.98. The number of nitrogen functional groups attached to an aromatic ring is 1. The number of carbonyl (C=O) groups excluding carboxylic acids is 1. The first-order valence-corrected chi connectivity index (χ1v) is 8.35. The summed E-state index contributed by atoms with van der Waals surface area (Å²) >= 11 is 8.75. The second-order valence-electron chi connectivity index (χ2n) is 4.00. The van der Waals surface area contributed by atoms with Gasteiger partial charge in [0.05, 0.1) is 0 Å². The first-order valence-electron chi connectivity index (χ1n) is 5.78. The van der Waals surface area contributed by atoms with Gasteiger partial charge in [0.25, 0.3) is 5.91 Å². The maximum absolute atomic E-state index is 11.4. The van der Waals surface area contributed by atoms with Crippen LogP contribution in [0.2, 0.25) is 0 Å². The Kier molecular flexibility index (Phi) is 5.65. The third kappa shape index (κ3) is 3.85. The van der Waals surface area contributed by atoms with Gasteiger partial charge in [0.1, 0.15) is 0 Å². The third-order valence-corrected chi connectivity index (χ3v) is 5.48. The van der Waals surface area contributed by atoms with Gasteiger partial charge in [-0.05, 0) is 45.8 Å². The Balaban J connectivity index is 2.11. The number of rotatable bonds is 4. The Morgan fingerprint density at radius 3 is 2.55 bits per heavy atom. The van der Waals surface area contributed by atoms with E-state index in [2.05, 4.69) is 43.4 Å². The van der Waals surface area contributed by atoms with Crippen LogP contribution in [0.3, 0.4) is 0 Å². The Morgan fingerprint density at radius 2 is 1.90 bits per heavy atom. The average Bonchev–Trinajstić information content (AvgIpc) is 2.46. The summed E-state index contributed by atoms with van der Waals surface area (Å²) in [6, 6.07) is 13.6. The molecule has 20 heavy (non-hydrogen) atoms. The Bertz CT molecular complexity index is 634. The summed E-state index contributed by atoms with van der Waals surface area (Å²) in [5, 5.41) is 0. The summed E-state index contributed by atoms with van der Waals surface area (Å²) in [5.74, 6) is 5.64. The highest BCUT2D eigenvalue weighted by Gasteiger charge is 2.08. The van der Waals surface area contributed by atoms with Gasteiger partial charge in [0.2, 0.25) is 0 Å². The molecule has 0 bridgehead atoms. The molecule has 104 valence electrons. The van der Waals surface area contributed by atoms with Gasteiger partial charge in [-0.1, -0.05) is 34.1 Å². The SMILES string of the molecule is NNC(=O)c1ccc(CSc2ccccc2Br)c(Br)c1. The van der Waals surface area contributed by atoms with E-state index in [1.807, 2.05) is 24.3 Å². The lowest BCUT2D eigenvalue weighted by atomic mass is 10.1. The summed E-state index contributed by atoms with van der Waals surface area (Å²) in [6.45, 7) is 0. The minimum Gasteiger partial charge on any atom is -0.290 e. The van der Waals surface area contributed by atoms with E-state index in [0.717, 1.165) is 20.3 Å². The normalized spacial score (nSPS) is 10.3. The largest absolute Gasteiger partial charge is 0.290 e. The lowest BCUT2D eigenvalue weighted by molar-refractivity contribution is 0.0953. The molecule has 3 nitrogen and oxygen atoms in total. The van der Waals surface area contributed by atoms with Crippen LogP contribution >= 0.6 is 43.6 Å². The number of carbonyl (C=O) groups is 1. The second-order valence-corrected chi connectivity index (χ2v) is 6.72. The van der Waals surface area contributed by atoms with E-state index in [1.54, 1.807) is 23.9 Å². The summed E-state index contributed by atoms with van der Waals surface area (Å²) in [7, 11) is 0. The van der Waals surface area contributed by atoms with E-state index >= 15 is 0 Å². The minimum absolute atomic E-state index is 0.296. The number of benzene rings is 2. The highest BCUT2D eigenvalue weighted by Crippen LogP contribution is 2.32. The van der Waals surface area contributed by atoms with Crippen molar-refractivity contribution in [1.29, 1.82) is 0 Å². The molecule has 0 fully saturated rings. The van der Waals surface area contributed by atoms with Crippen LogP contribution in [-0.4, -0.2) is 5.91 Å². The molecule has 6 heteroatoms.